The first-order valence-corrected chi connectivity index (χ1v) is 9.95. The quantitative estimate of drug-likeness (QED) is 0.720. The van der Waals surface area contributed by atoms with Gasteiger partial charge >= 0.3 is 0 Å². The highest BCUT2D eigenvalue weighted by atomic mass is 19.1. The van der Waals surface area contributed by atoms with Crippen molar-refractivity contribution >= 4 is 5.91 Å². The lowest BCUT2D eigenvalue weighted by molar-refractivity contribution is 0.0902. The molecule has 0 saturated carbocycles. The predicted molar refractivity (Wildman–Crippen MR) is 110 cm³/mol. The summed E-state index contributed by atoms with van der Waals surface area (Å²) in [6, 6.07) is 14.8. The molecule has 5 nitrogen and oxygen atoms in total. The maximum Gasteiger partial charge on any atom is 0.270 e. The van der Waals surface area contributed by atoms with E-state index in [0.717, 1.165) is 32.5 Å². The van der Waals surface area contributed by atoms with Crippen molar-refractivity contribution in [3.05, 3.63) is 83.7 Å². The molecule has 0 spiro atoms. The van der Waals surface area contributed by atoms with E-state index < -0.39 is 0 Å². The van der Waals surface area contributed by atoms with Gasteiger partial charge < -0.3 is 5.32 Å². The molecular weight excluding hydrogens is 367 g/mol. The van der Waals surface area contributed by atoms with Gasteiger partial charge in [0.2, 0.25) is 0 Å². The summed E-state index contributed by atoms with van der Waals surface area (Å²) < 4.78 is 14.9. The van der Waals surface area contributed by atoms with Crippen LogP contribution in [0.25, 0.3) is 5.69 Å². The predicted octanol–water partition coefficient (Wildman–Crippen LogP) is 3.71. The number of hydrogen-bond donors (Lipinski definition) is 1. The molecule has 150 valence electrons. The Hall–Kier alpha value is -2.99. The number of aryl methyl sites for hydroxylation is 1. The Kier molecular flexibility index (Phi) is 5.71. The first-order chi connectivity index (χ1) is 14.1. The van der Waals surface area contributed by atoms with Crippen molar-refractivity contribution in [2.45, 2.75) is 32.4 Å². The largest absolute Gasteiger partial charge is 0.348 e. The first-order valence-electron chi connectivity index (χ1n) is 9.95. The molecule has 2 heterocycles. The third-order valence-corrected chi connectivity index (χ3v) is 5.39. The fourth-order valence-corrected chi connectivity index (χ4v) is 3.83. The second kappa shape index (κ2) is 8.57. The summed E-state index contributed by atoms with van der Waals surface area (Å²) in [5, 5.41) is 3.14. The van der Waals surface area contributed by atoms with Gasteiger partial charge in [-0.2, -0.15) is 0 Å². The summed E-state index contributed by atoms with van der Waals surface area (Å²) in [5.74, 6) is -0.457. The van der Waals surface area contributed by atoms with Crippen LogP contribution < -0.4 is 5.32 Å². The van der Waals surface area contributed by atoms with Crippen LogP contribution >= 0.6 is 0 Å². The third-order valence-electron chi connectivity index (χ3n) is 5.39. The van der Waals surface area contributed by atoms with Gasteiger partial charge in [-0.15, -0.1) is 0 Å². The summed E-state index contributed by atoms with van der Waals surface area (Å²) in [6.07, 6.45) is 4.96. The van der Waals surface area contributed by atoms with Gasteiger partial charge in [-0.1, -0.05) is 29.8 Å². The Morgan fingerprint density at radius 2 is 1.93 bits per heavy atom. The number of nitrogens with zero attached hydrogens (tertiary/aromatic N) is 3. The standard InChI is InChI=1S/C23H25FN4O/c1-17-3-2-4-18(13-17)15-27-11-9-20(10-12-27)26-23(29)22-14-25-16-28(22)21-7-5-19(24)6-8-21/h2-8,13-14,16,20H,9-12,15H2,1H3,(H,26,29). The molecule has 1 aliphatic heterocycles. The molecule has 0 radical (unpaired) electrons. The van der Waals surface area contributed by atoms with Crippen molar-refractivity contribution in [3.63, 3.8) is 0 Å². The fraction of sp³-hybridized carbons (Fsp3) is 0.304. The van der Waals surface area contributed by atoms with Crippen LogP contribution in [-0.4, -0.2) is 39.5 Å². The van der Waals surface area contributed by atoms with Crippen molar-refractivity contribution in [1.29, 1.82) is 0 Å². The van der Waals surface area contributed by atoms with Crippen molar-refractivity contribution in [3.8, 4) is 5.69 Å². The summed E-state index contributed by atoms with van der Waals surface area (Å²) >= 11 is 0. The molecule has 1 saturated heterocycles. The molecule has 4 rings (SSSR count). The SMILES string of the molecule is Cc1cccc(CN2CCC(NC(=O)c3cncn3-c3ccc(F)cc3)CC2)c1. The number of nitrogens with one attached hydrogen (secondary N) is 1. The number of rotatable bonds is 5. The van der Waals surface area contributed by atoms with Gasteiger partial charge in [0.1, 0.15) is 11.5 Å². The van der Waals surface area contributed by atoms with Gasteiger partial charge in [0.25, 0.3) is 5.91 Å². The highest BCUT2D eigenvalue weighted by Gasteiger charge is 2.22. The number of aromatic nitrogens is 2. The molecule has 3 aromatic rings. The fourth-order valence-electron chi connectivity index (χ4n) is 3.83. The molecule has 1 N–H and O–H groups in total. The lowest BCUT2D eigenvalue weighted by Gasteiger charge is -2.32. The topological polar surface area (TPSA) is 50.2 Å². The zero-order chi connectivity index (χ0) is 20.2. The summed E-state index contributed by atoms with van der Waals surface area (Å²) in [4.78, 5) is 19.3. The average molecular weight is 392 g/mol. The Balaban J connectivity index is 1.34. The highest BCUT2D eigenvalue weighted by molar-refractivity contribution is 5.93. The zero-order valence-electron chi connectivity index (χ0n) is 16.5. The smallest absolute Gasteiger partial charge is 0.270 e. The van der Waals surface area contributed by atoms with Gasteiger partial charge in [0.05, 0.1) is 12.5 Å². The molecular formula is C23H25FN4O. The number of imidazole rings is 1. The van der Waals surface area contributed by atoms with E-state index in [-0.39, 0.29) is 17.8 Å². The average Bonchev–Trinajstić information content (AvgIpc) is 3.20. The van der Waals surface area contributed by atoms with Crippen molar-refractivity contribution < 1.29 is 9.18 Å². The first kappa shape index (κ1) is 19.3. The van der Waals surface area contributed by atoms with E-state index in [1.54, 1.807) is 29.2 Å². The van der Waals surface area contributed by atoms with Crippen LogP contribution in [0.15, 0.2) is 61.1 Å². The maximum absolute atomic E-state index is 13.2. The minimum absolute atomic E-state index is 0.146. The van der Waals surface area contributed by atoms with E-state index in [1.165, 1.54) is 23.3 Å². The van der Waals surface area contributed by atoms with Crippen LogP contribution in [0.3, 0.4) is 0 Å². The Labute approximate surface area is 170 Å². The molecule has 1 fully saturated rings. The van der Waals surface area contributed by atoms with Crippen molar-refractivity contribution in [2.24, 2.45) is 0 Å². The summed E-state index contributed by atoms with van der Waals surface area (Å²) in [5.41, 5.74) is 3.78. The third kappa shape index (κ3) is 4.71. The zero-order valence-corrected chi connectivity index (χ0v) is 16.5. The number of carbonyl (C=O) groups excluding carboxylic acids is 1. The summed E-state index contributed by atoms with van der Waals surface area (Å²) in [6.45, 7) is 4.97. The second-order valence-electron chi connectivity index (χ2n) is 7.64. The van der Waals surface area contributed by atoms with Crippen LogP contribution in [-0.2, 0) is 6.54 Å². The number of halogens is 1. The molecule has 1 aliphatic rings. The molecule has 2 aromatic carbocycles. The van der Waals surface area contributed by atoms with E-state index in [9.17, 15) is 9.18 Å². The number of likely N-dealkylation sites (tertiary alicyclic amines) is 1. The molecule has 6 heteroatoms. The van der Waals surface area contributed by atoms with Gasteiger partial charge in [0.15, 0.2) is 0 Å². The van der Waals surface area contributed by atoms with Gasteiger partial charge in [-0.05, 0) is 49.6 Å². The molecule has 29 heavy (non-hydrogen) atoms. The molecule has 1 aromatic heterocycles. The normalized spacial score (nSPS) is 15.4. The van der Waals surface area contributed by atoms with Crippen LogP contribution in [0.5, 0.6) is 0 Å². The number of benzene rings is 2. The van der Waals surface area contributed by atoms with Gasteiger partial charge in [0, 0.05) is 31.4 Å². The Bertz CT molecular complexity index is 975. The van der Waals surface area contributed by atoms with E-state index in [4.69, 9.17) is 0 Å². The molecule has 1 amide bonds. The Morgan fingerprint density at radius 3 is 2.66 bits per heavy atom. The minimum atomic E-state index is -0.308. The van der Waals surface area contributed by atoms with Crippen LogP contribution in [0.2, 0.25) is 0 Å². The highest BCUT2D eigenvalue weighted by Crippen LogP contribution is 2.16. The molecule has 0 unspecified atom stereocenters. The minimum Gasteiger partial charge on any atom is -0.348 e. The van der Waals surface area contributed by atoms with Gasteiger partial charge in [-0.3, -0.25) is 14.3 Å². The van der Waals surface area contributed by atoms with Crippen molar-refractivity contribution in [2.75, 3.05) is 13.1 Å². The van der Waals surface area contributed by atoms with E-state index in [1.807, 2.05) is 0 Å². The van der Waals surface area contributed by atoms with Gasteiger partial charge in [-0.25, -0.2) is 9.37 Å². The van der Waals surface area contributed by atoms with Crippen LogP contribution in [0.4, 0.5) is 4.39 Å². The molecule has 0 bridgehead atoms. The number of amides is 1. The van der Waals surface area contributed by atoms with Crippen molar-refractivity contribution in [1.82, 2.24) is 19.8 Å². The van der Waals surface area contributed by atoms with Crippen LogP contribution in [0.1, 0.15) is 34.5 Å². The Morgan fingerprint density at radius 1 is 1.17 bits per heavy atom. The van der Waals surface area contributed by atoms with E-state index in [0.29, 0.717) is 11.4 Å². The number of piperidine rings is 1. The summed E-state index contributed by atoms with van der Waals surface area (Å²) in [7, 11) is 0. The van der Waals surface area contributed by atoms with E-state index >= 15 is 0 Å². The number of carbonyl (C=O) groups is 1. The maximum atomic E-state index is 13.2. The van der Waals surface area contributed by atoms with E-state index in [2.05, 4.69) is 46.4 Å². The van der Waals surface area contributed by atoms with Crippen LogP contribution in [0, 0.1) is 12.7 Å². The number of hydrogen-bond acceptors (Lipinski definition) is 3. The molecule has 0 atom stereocenters. The molecule has 0 aliphatic carbocycles. The lowest BCUT2D eigenvalue weighted by atomic mass is 10.0. The monoisotopic (exact) mass is 392 g/mol. The lowest BCUT2D eigenvalue weighted by Crippen LogP contribution is -2.44. The second-order valence-corrected chi connectivity index (χ2v) is 7.64.